The van der Waals surface area contributed by atoms with Crippen LogP contribution in [0.4, 0.5) is 0 Å². The highest BCUT2D eigenvalue weighted by molar-refractivity contribution is 9.10. The van der Waals surface area contributed by atoms with Crippen molar-refractivity contribution in [3.05, 3.63) is 34.3 Å². The molecule has 1 N–H and O–H groups in total. The van der Waals surface area contributed by atoms with Gasteiger partial charge in [-0.2, -0.15) is 0 Å². The molecule has 1 aromatic rings. The molecule has 3 rings (SSSR count). The number of hydrogen-bond acceptors (Lipinski definition) is 1. The Bertz CT molecular complexity index is 430. The number of amides is 1. The molecule has 0 aliphatic heterocycles. The maximum absolute atomic E-state index is 12.1. The van der Waals surface area contributed by atoms with E-state index in [2.05, 4.69) is 21.2 Å². The first-order valence-electron chi connectivity index (χ1n) is 6.78. The number of carbonyl (C=O) groups is 1. The van der Waals surface area contributed by atoms with Crippen LogP contribution in [0.1, 0.15) is 31.2 Å². The third kappa shape index (κ3) is 2.46. The van der Waals surface area contributed by atoms with Gasteiger partial charge in [-0.05, 0) is 42.4 Å². The molecule has 3 heteroatoms. The highest BCUT2D eigenvalue weighted by Gasteiger charge is 2.54. The molecule has 2 nitrogen and oxygen atoms in total. The molecule has 0 radical (unpaired) electrons. The molecule has 2 fully saturated rings. The van der Waals surface area contributed by atoms with Crippen LogP contribution in [0.25, 0.3) is 0 Å². The Labute approximate surface area is 116 Å². The van der Waals surface area contributed by atoms with E-state index >= 15 is 0 Å². The van der Waals surface area contributed by atoms with E-state index in [1.165, 1.54) is 25.7 Å². The normalized spacial score (nSPS) is 29.5. The molecular weight excluding hydrogens is 290 g/mol. The first-order chi connectivity index (χ1) is 8.75. The first-order valence-corrected chi connectivity index (χ1v) is 7.57. The number of halogens is 1. The maximum atomic E-state index is 12.1. The van der Waals surface area contributed by atoms with E-state index in [0.29, 0.717) is 24.3 Å². The van der Waals surface area contributed by atoms with E-state index in [1.807, 2.05) is 24.3 Å². The van der Waals surface area contributed by atoms with Crippen molar-refractivity contribution in [1.82, 2.24) is 5.32 Å². The Kier molecular flexibility index (Phi) is 3.42. The van der Waals surface area contributed by atoms with Crippen molar-refractivity contribution < 1.29 is 4.79 Å². The second-order valence-electron chi connectivity index (χ2n) is 5.48. The van der Waals surface area contributed by atoms with Crippen LogP contribution < -0.4 is 5.32 Å². The minimum atomic E-state index is 0.273. The van der Waals surface area contributed by atoms with E-state index in [9.17, 15) is 4.79 Å². The molecule has 0 bridgehead atoms. The van der Waals surface area contributed by atoms with E-state index in [0.717, 1.165) is 10.0 Å². The van der Waals surface area contributed by atoms with Gasteiger partial charge in [0.05, 0.1) is 0 Å². The van der Waals surface area contributed by atoms with Crippen molar-refractivity contribution in [1.29, 1.82) is 0 Å². The molecule has 0 saturated heterocycles. The van der Waals surface area contributed by atoms with E-state index in [-0.39, 0.29) is 5.91 Å². The molecule has 2 saturated carbocycles. The van der Waals surface area contributed by atoms with Gasteiger partial charge >= 0.3 is 0 Å². The third-order valence-corrected chi connectivity index (χ3v) is 4.87. The number of rotatable bonds is 3. The molecule has 0 spiro atoms. The van der Waals surface area contributed by atoms with Crippen LogP contribution >= 0.6 is 15.9 Å². The van der Waals surface area contributed by atoms with E-state index in [4.69, 9.17) is 0 Å². The third-order valence-electron chi connectivity index (χ3n) is 4.34. The van der Waals surface area contributed by atoms with Gasteiger partial charge in [0, 0.05) is 16.9 Å². The van der Waals surface area contributed by atoms with Gasteiger partial charge in [0.25, 0.3) is 0 Å². The summed E-state index contributed by atoms with van der Waals surface area (Å²) in [7, 11) is 0. The molecule has 2 aliphatic carbocycles. The fourth-order valence-electron chi connectivity index (χ4n) is 3.29. The van der Waals surface area contributed by atoms with Gasteiger partial charge in [0.1, 0.15) is 0 Å². The number of benzene rings is 1. The number of carbonyl (C=O) groups excluding carboxylic acids is 1. The zero-order valence-corrected chi connectivity index (χ0v) is 11.9. The van der Waals surface area contributed by atoms with Crippen molar-refractivity contribution in [2.24, 2.45) is 17.8 Å². The summed E-state index contributed by atoms with van der Waals surface area (Å²) < 4.78 is 1.07. The zero-order valence-electron chi connectivity index (χ0n) is 10.4. The summed E-state index contributed by atoms with van der Waals surface area (Å²) in [4.78, 5) is 12.1. The molecular formula is C15H18BrNO. The average Bonchev–Trinajstić information content (AvgIpc) is 3.12. The van der Waals surface area contributed by atoms with Gasteiger partial charge in [-0.3, -0.25) is 4.79 Å². The number of hydrogen-bond donors (Lipinski definition) is 1. The standard InChI is InChI=1S/C15H18BrNO/c16-11-7-5-10(6-8-11)9-17-15(18)14-12-3-1-2-4-13(12)14/h5-8,12-14H,1-4,9H2,(H,17,18). The van der Waals surface area contributed by atoms with E-state index in [1.54, 1.807) is 0 Å². The Morgan fingerprint density at radius 3 is 2.39 bits per heavy atom. The van der Waals surface area contributed by atoms with Crippen molar-refractivity contribution in [3.8, 4) is 0 Å². The maximum Gasteiger partial charge on any atom is 0.223 e. The zero-order chi connectivity index (χ0) is 12.5. The Morgan fingerprint density at radius 1 is 1.17 bits per heavy atom. The lowest BCUT2D eigenvalue weighted by Crippen LogP contribution is -2.25. The van der Waals surface area contributed by atoms with Crippen molar-refractivity contribution in [2.75, 3.05) is 0 Å². The summed E-state index contributed by atoms with van der Waals surface area (Å²) in [5, 5.41) is 3.08. The molecule has 96 valence electrons. The summed E-state index contributed by atoms with van der Waals surface area (Å²) in [6.45, 7) is 0.655. The largest absolute Gasteiger partial charge is 0.352 e. The van der Waals surface area contributed by atoms with Crippen LogP contribution in [-0.4, -0.2) is 5.91 Å². The predicted octanol–water partition coefficient (Wildman–Crippen LogP) is 3.50. The SMILES string of the molecule is O=C(NCc1ccc(Br)cc1)C1C2CCCCC21. The molecule has 1 amide bonds. The molecule has 0 heterocycles. The van der Waals surface area contributed by atoms with E-state index < -0.39 is 0 Å². The van der Waals surface area contributed by atoms with Crippen LogP contribution in [0, 0.1) is 17.8 Å². The minimum Gasteiger partial charge on any atom is -0.352 e. The monoisotopic (exact) mass is 307 g/mol. The molecule has 1 aromatic carbocycles. The lowest BCUT2D eigenvalue weighted by molar-refractivity contribution is -0.123. The van der Waals surface area contributed by atoms with Crippen molar-refractivity contribution in [3.63, 3.8) is 0 Å². The van der Waals surface area contributed by atoms with Gasteiger partial charge in [-0.15, -0.1) is 0 Å². The summed E-state index contributed by atoms with van der Waals surface area (Å²) in [6, 6.07) is 8.12. The molecule has 0 aromatic heterocycles. The summed E-state index contributed by atoms with van der Waals surface area (Å²) in [5.41, 5.74) is 1.16. The second kappa shape index (κ2) is 5.04. The Balaban J connectivity index is 1.51. The topological polar surface area (TPSA) is 29.1 Å². The summed E-state index contributed by atoms with van der Waals surface area (Å²) >= 11 is 3.41. The Hall–Kier alpha value is -0.830. The van der Waals surface area contributed by atoms with Gasteiger partial charge in [-0.1, -0.05) is 40.9 Å². The van der Waals surface area contributed by atoms with Gasteiger partial charge in [0.15, 0.2) is 0 Å². The second-order valence-corrected chi connectivity index (χ2v) is 6.40. The van der Waals surface area contributed by atoms with Crippen LogP contribution in [0.5, 0.6) is 0 Å². The lowest BCUT2D eigenvalue weighted by Gasteiger charge is -2.05. The highest BCUT2D eigenvalue weighted by Crippen LogP contribution is 2.55. The molecule has 2 unspecified atom stereocenters. The van der Waals surface area contributed by atoms with Crippen LogP contribution in [-0.2, 0) is 11.3 Å². The predicted molar refractivity (Wildman–Crippen MR) is 74.9 cm³/mol. The fraction of sp³-hybridized carbons (Fsp3) is 0.533. The summed E-state index contributed by atoms with van der Waals surface area (Å²) in [6.07, 6.45) is 5.16. The number of fused-ring (bicyclic) bond motifs is 1. The van der Waals surface area contributed by atoms with Gasteiger partial charge < -0.3 is 5.32 Å². The first kappa shape index (κ1) is 12.2. The average molecular weight is 308 g/mol. The molecule has 2 atom stereocenters. The van der Waals surface area contributed by atoms with Crippen LogP contribution in [0.2, 0.25) is 0 Å². The van der Waals surface area contributed by atoms with Gasteiger partial charge in [0.2, 0.25) is 5.91 Å². The highest BCUT2D eigenvalue weighted by atomic mass is 79.9. The van der Waals surface area contributed by atoms with Crippen LogP contribution in [0.15, 0.2) is 28.7 Å². The van der Waals surface area contributed by atoms with Crippen molar-refractivity contribution in [2.45, 2.75) is 32.2 Å². The molecule has 18 heavy (non-hydrogen) atoms. The summed E-state index contributed by atoms with van der Waals surface area (Å²) in [5.74, 6) is 1.99. The van der Waals surface area contributed by atoms with Gasteiger partial charge in [-0.25, -0.2) is 0 Å². The van der Waals surface area contributed by atoms with Crippen LogP contribution in [0.3, 0.4) is 0 Å². The fourth-order valence-corrected chi connectivity index (χ4v) is 3.55. The minimum absolute atomic E-state index is 0.273. The lowest BCUT2D eigenvalue weighted by atomic mass is 10.0. The Morgan fingerprint density at radius 2 is 1.78 bits per heavy atom. The number of nitrogens with one attached hydrogen (secondary N) is 1. The van der Waals surface area contributed by atoms with Crippen molar-refractivity contribution >= 4 is 21.8 Å². The quantitative estimate of drug-likeness (QED) is 0.910. The molecule has 2 aliphatic rings. The smallest absolute Gasteiger partial charge is 0.223 e.